The van der Waals surface area contributed by atoms with Gasteiger partial charge in [-0.05, 0) is 47.7 Å². The van der Waals surface area contributed by atoms with Gasteiger partial charge in [-0.3, -0.25) is 0 Å². The van der Waals surface area contributed by atoms with E-state index in [1.165, 1.54) is 22.8 Å². The predicted octanol–water partition coefficient (Wildman–Crippen LogP) is 4.45. The maximum absolute atomic E-state index is 13.3. The third-order valence-electron chi connectivity index (χ3n) is 3.19. The zero-order valence-corrected chi connectivity index (χ0v) is 9.70. The van der Waals surface area contributed by atoms with Gasteiger partial charge in [0.15, 0.2) is 0 Å². The summed E-state index contributed by atoms with van der Waals surface area (Å²) in [5, 5.41) is 0. The summed E-state index contributed by atoms with van der Waals surface area (Å²) < 4.78 is 13.3. The quantitative estimate of drug-likeness (QED) is 0.671. The smallest absolute Gasteiger partial charge is 0.123 e. The fourth-order valence-electron chi connectivity index (χ4n) is 2.44. The number of fused-ring (bicyclic) bond motifs is 1. The minimum atomic E-state index is -0.182. The molecule has 0 saturated carbocycles. The highest BCUT2D eigenvalue weighted by Crippen LogP contribution is 2.33. The summed E-state index contributed by atoms with van der Waals surface area (Å²) in [6.45, 7) is 2.13. The monoisotopic (exact) mass is 224 g/mol. The molecule has 84 valence electrons. The maximum atomic E-state index is 13.3. The van der Waals surface area contributed by atoms with Crippen LogP contribution in [-0.4, -0.2) is 0 Å². The van der Waals surface area contributed by atoms with Crippen LogP contribution in [0.3, 0.4) is 0 Å². The van der Waals surface area contributed by atoms with Crippen molar-refractivity contribution in [2.45, 2.75) is 13.3 Å². The maximum Gasteiger partial charge on any atom is 0.123 e. The van der Waals surface area contributed by atoms with Gasteiger partial charge in [-0.1, -0.05) is 42.0 Å². The number of allylic oxidation sites excluding steroid dienone is 1. The highest BCUT2D eigenvalue weighted by Gasteiger charge is 2.14. The standard InChI is InChI=1S/C16H13F/c1-11-8-12-5-3-7-15(16(12)9-11)13-4-2-6-14(17)10-13/h2-7,9-10H,8H2,1H3. The second-order valence-corrected chi connectivity index (χ2v) is 4.56. The third-order valence-corrected chi connectivity index (χ3v) is 3.19. The van der Waals surface area contributed by atoms with Gasteiger partial charge in [0.25, 0.3) is 0 Å². The molecule has 0 heterocycles. The van der Waals surface area contributed by atoms with E-state index in [9.17, 15) is 4.39 Å². The van der Waals surface area contributed by atoms with Gasteiger partial charge in [0.2, 0.25) is 0 Å². The Kier molecular flexibility index (Phi) is 2.32. The minimum Gasteiger partial charge on any atom is -0.207 e. The summed E-state index contributed by atoms with van der Waals surface area (Å²) in [6.07, 6.45) is 3.22. The van der Waals surface area contributed by atoms with Crippen molar-refractivity contribution >= 4 is 6.08 Å². The fraction of sp³-hybridized carbons (Fsp3) is 0.125. The van der Waals surface area contributed by atoms with Crippen molar-refractivity contribution in [1.29, 1.82) is 0 Å². The fourth-order valence-corrected chi connectivity index (χ4v) is 2.44. The van der Waals surface area contributed by atoms with Crippen molar-refractivity contribution in [2.24, 2.45) is 0 Å². The van der Waals surface area contributed by atoms with Crippen LogP contribution in [0.4, 0.5) is 4.39 Å². The summed E-state index contributed by atoms with van der Waals surface area (Å²) in [7, 11) is 0. The van der Waals surface area contributed by atoms with Gasteiger partial charge in [-0.15, -0.1) is 0 Å². The molecule has 0 bridgehead atoms. The largest absolute Gasteiger partial charge is 0.207 e. The molecule has 0 amide bonds. The van der Waals surface area contributed by atoms with Crippen LogP contribution in [0.1, 0.15) is 18.1 Å². The van der Waals surface area contributed by atoms with Crippen LogP contribution in [0.25, 0.3) is 17.2 Å². The van der Waals surface area contributed by atoms with Crippen LogP contribution in [0, 0.1) is 5.82 Å². The van der Waals surface area contributed by atoms with Crippen molar-refractivity contribution < 1.29 is 4.39 Å². The Hall–Kier alpha value is -1.89. The van der Waals surface area contributed by atoms with Gasteiger partial charge in [0.05, 0.1) is 0 Å². The molecule has 2 aromatic rings. The van der Waals surface area contributed by atoms with Crippen LogP contribution in [-0.2, 0) is 6.42 Å². The summed E-state index contributed by atoms with van der Waals surface area (Å²) >= 11 is 0. The first-order chi connectivity index (χ1) is 8.24. The Morgan fingerprint density at radius 2 is 1.88 bits per heavy atom. The molecule has 0 aliphatic heterocycles. The Morgan fingerprint density at radius 3 is 2.71 bits per heavy atom. The van der Waals surface area contributed by atoms with E-state index < -0.39 is 0 Å². The van der Waals surface area contributed by atoms with Gasteiger partial charge in [0, 0.05) is 0 Å². The highest BCUT2D eigenvalue weighted by atomic mass is 19.1. The van der Waals surface area contributed by atoms with E-state index in [0.717, 1.165) is 17.5 Å². The van der Waals surface area contributed by atoms with E-state index in [2.05, 4.69) is 25.1 Å². The molecule has 0 unspecified atom stereocenters. The highest BCUT2D eigenvalue weighted by molar-refractivity contribution is 5.80. The molecule has 1 heteroatoms. The molecule has 1 aliphatic rings. The summed E-state index contributed by atoms with van der Waals surface area (Å²) in [5.74, 6) is -0.182. The van der Waals surface area contributed by atoms with Crippen molar-refractivity contribution in [3.05, 3.63) is 65.0 Å². The first kappa shape index (κ1) is 10.3. The first-order valence-corrected chi connectivity index (χ1v) is 5.79. The average molecular weight is 224 g/mol. The van der Waals surface area contributed by atoms with Crippen LogP contribution in [0.5, 0.6) is 0 Å². The van der Waals surface area contributed by atoms with Crippen molar-refractivity contribution in [3.8, 4) is 11.1 Å². The van der Waals surface area contributed by atoms with Crippen LogP contribution in [0.2, 0.25) is 0 Å². The van der Waals surface area contributed by atoms with Gasteiger partial charge < -0.3 is 0 Å². The Morgan fingerprint density at radius 1 is 1.06 bits per heavy atom. The molecule has 0 fully saturated rings. The zero-order chi connectivity index (χ0) is 11.8. The van der Waals surface area contributed by atoms with Crippen molar-refractivity contribution in [3.63, 3.8) is 0 Å². The lowest BCUT2D eigenvalue weighted by molar-refractivity contribution is 0.628. The number of benzene rings is 2. The van der Waals surface area contributed by atoms with E-state index >= 15 is 0 Å². The molecular weight excluding hydrogens is 211 g/mol. The topological polar surface area (TPSA) is 0 Å². The molecule has 0 spiro atoms. The molecule has 0 saturated heterocycles. The van der Waals surface area contributed by atoms with Crippen LogP contribution < -0.4 is 0 Å². The summed E-state index contributed by atoms with van der Waals surface area (Å²) in [5.41, 5.74) is 6.02. The number of halogens is 1. The molecule has 2 aromatic carbocycles. The molecule has 17 heavy (non-hydrogen) atoms. The molecule has 1 aliphatic carbocycles. The SMILES string of the molecule is CC1=Cc2c(cccc2-c2cccc(F)c2)C1. The van der Waals surface area contributed by atoms with E-state index in [1.54, 1.807) is 12.1 Å². The number of hydrogen-bond donors (Lipinski definition) is 0. The summed E-state index contributed by atoms with van der Waals surface area (Å²) in [4.78, 5) is 0. The van der Waals surface area contributed by atoms with Gasteiger partial charge in [-0.25, -0.2) is 4.39 Å². The molecule has 0 nitrogen and oxygen atoms in total. The number of rotatable bonds is 1. The second-order valence-electron chi connectivity index (χ2n) is 4.56. The van der Waals surface area contributed by atoms with Crippen LogP contribution >= 0.6 is 0 Å². The lowest BCUT2D eigenvalue weighted by Crippen LogP contribution is -1.87. The van der Waals surface area contributed by atoms with Crippen molar-refractivity contribution in [1.82, 2.24) is 0 Å². The van der Waals surface area contributed by atoms with Crippen LogP contribution in [0.15, 0.2) is 48.0 Å². The second kappa shape index (κ2) is 3.85. The van der Waals surface area contributed by atoms with Gasteiger partial charge >= 0.3 is 0 Å². The molecule has 0 atom stereocenters. The Balaban J connectivity index is 2.20. The lowest BCUT2D eigenvalue weighted by atomic mass is 9.97. The summed E-state index contributed by atoms with van der Waals surface area (Å²) in [6, 6.07) is 13.0. The lowest BCUT2D eigenvalue weighted by Gasteiger charge is -2.07. The number of hydrogen-bond acceptors (Lipinski definition) is 0. The molecular formula is C16H13F. The predicted molar refractivity (Wildman–Crippen MR) is 69.2 cm³/mol. The average Bonchev–Trinajstić information content (AvgIpc) is 2.68. The van der Waals surface area contributed by atoms with Crippen molar-refractivity contribution in [2.75, 3.05) is 0 Å². The zero-order valence-electron chi connectivity index (χ0n) is 9.70. The molecule has 0 radical (unpaired) electrons. The third kappa shape index (κ3) is 1.78. The first-order valence-electron chi connectivity index (χ1n) is 5.79. The van der Waals surface area contributed by atoms with E-state index in [4.69, 9.17) is 0 Å². The van der Waals surface area contributed by atoms with Gasteiger partial charge in [0.1, 0.15) is 5.82 Å². The molecule has 0 N–H and O–H groups in total. The Labute approximate surface area is 100 Å². The Bertz CT molecular complexity index is 609. The van der Waals surface area contributed by atoms with E-state index in [0.29, 0.717) is 0 Å². The van der Waals surface area contributed by atoms with Gasteiger partial charge in [-0.2, -0.15) is 0 Å². The minimum absolute atomic E-state index is 0.182. The van der Waals surface area contributed by atoms with E-state index in [1.807, 2.05) is 12.1 Å². The molecule has 3 rings (SSSR count). The van der Waals surface area contributed by atoms with E-state index in [-0.39, 0.29) is 5.82 Å². The molecule has 0 aromatic heterocycles. The normalized spacial score (nSPS) is 13.4.